The van der Waals surface area contributed by atoms with E-state index in [0.29, 0.717) is 18.8 Å². The van der Waals surface area contributed by atoms with Crippen LogP contribution in [0.1, 0.15) is 57.1 Å². The zero-order valence-electron chi connectivity index (χ0n) is 23.9. The molecule has 4 aliphatic rings. The molecular weight excluding hydrogens is 558 g/mol. The third-order valence-electron chi connectivity index (χ3n) is 9.16. The van der Waals surface area contributed by atoms with Gasteiger partial charge in [-0.15, -0.1) is 0 Å². The van der Waals surface area contributed by atoms with Gasteiger partial charge in [-0.1, -0.05) is 18.2 Å². The van der Waals surface area contributed by atoms with E-state index < -0.39 is 91.5 Å². The van der Waals surface area contributed by atoms with Crippen LogP contribution < -0.4 is 20.7 Å². The van der Waals surface area contributed by atoms with Crippen LogP contribution in [-0.4, -0.2) is 96.8 Å². The van der Waals surface area contributed by atoms with Gasteiger partial charge in [0.05, 0.1) is 25.2 Å². The van der Waals surface area contributed by atoms with E-state index in [9.17, 15) is 31.9 Å². The van der Waals surface area contributed by atoms with E-state index in [-0.39, 0.29) is 25.9 Å². The fourth-order valence-corrected chi connectivity index (χ4v) is 6.63. The Morgan fingerprint density at radius 1 is 1.02 bits per heavy atom. The van der Waals surface area contributed by atoms with Gasteiger partial charge >= 0.3 is 0 Å². The molecule has 0 spiro atoms. The summed E-state index contributed by atoms with van der Waals surface area (Å²) in [7, 11) is 1.58. The molecule has 5 rings (SSSR count). The van der Waals surface area contributed by atoms with E-state index in [2.05, 4.69) is 16.0 Å². The monoisotopic (exact) mass is 597 g/mol. The molecule has 0 radical (unpaired) electrons. The first-order valence-corrected chi connectivity index (χ1v) is 14.7. The second kappa shape index (κ2) is 12.0. The van der Waals surface area contributed by atoms with Gasteiger partial charge in [0.1, 0.15) is 17.8 Å². The normalized spacial score (nSPS) is 28.5. The molecule has 1 aromatic carbocycles. The number of carbonyl (C=O) groups excluding carboxylic acids is 3. The van der Waals surface area contributed by atoms with E-state index in [1.54, 1.807) is 24.9 Å². The number of ether oxygens (including phenoxy) is 1. The summed E-state index contributed by atoms with van der Waals surface area (Å²) in [6.07, 6.45) is -0.792. The maximum atomic E-state index is 14.5. The molecule has 5 atom stereocenters. The van der Waals surface area contributed by atoms with Crippen LogP contribution >= 0.6 is 0 Å². The lowest BCUT2D eigenvalue weighted by Crippen LogP contribution is -2.66. The minimum absolute atomic E-state index is 0.00874. The number of hydrogen-bond donors (Lipinski definition) is 3. The SMILES string of the molecule is CN[C@@H](C)C(=O)N[C@H](C(=O)N1C[C@H]2CC(F)(F)CN2C[C@H]1C(=O)N[C@@H]1CCOc2ccccc21)C1CCC(F)(F)CC1. The zero-order chi connectivity index (χ0) is 30.2. The van der Waals surface area contributed by atoms with Crippen molar-refractivity contribution in [1.29, 1.82) is 0 Å². The first-order chi connectivity index (χ1) is 19.9. The molecule has 42 heavy (non-hydrogen) atoms. The zero-order valence-corrected chi connectivity index (χ0v) is 23.9. The Labute approximate surface area is 242 Å². The number of carbonyl (C=O) groups is 3. The van der Waals surface area contributed by atoms with Crippen molar-refractivity contribution in [3.63, 3.8) is 0 Å². The maximum absolute atomic E-state index is 14.5. The third kappa shape index (κ3) is 6.51. The van der Waals surface area contributed by atoms with Crippen molar-refractivity contribution >= 4 is 17.7 Å². The van der Waals surface area contributed by atoms with Gasteiger partial charge in [-0.25, -0.2) is 17.6 Å². The number of rotatable bonds is 7. The summed E-state index contributed by atoms with van der Waals surface area (Å²) in [6, 6.07) is 3.28. The van der Waals surface area contributed by atoms with Crippen molar-refractivity contribution in [2.75, 3.05) is 33.3 Å². The highest BCUT2D eigenvalue weighted by Gasteiger charge is 2.53. The van der Waals surface area contributed by atoms with E-state index in [1.165, 1.54) is 4.90 Å². The van der Waals surface area contributed by atoms with E-state index in [4.69, 9.17) is 4.74 Å². The second-order valence-electron chi connectivity index (χ2n) is 12.1. The summed E-state index contributed by atoms with van der Waals surface area (Å²) in [6.45, 7) is 1.24. The van der Waals surface area contributed by atoms with Crippen molar-refractivity contribution in [2.24, 2.45) is 5.92 Å². The molecule has 13 heteroatoms. The summed E-state index contributed by atoms with van der Waals surface area (Å²) in [4.78, 5) is 43.9. The Morgan fingerprint density at radius 3 is 2.45 bits per heavy atom. The van der Waals surface area contributed by atoms with Crippen molar-refractivity contribution < 1.29 is 36.7 Å². The van der Waals surface area contributed by atoms with Gasteiger partial charge < -0.3 is 25.6 Å². The van der Waals surface area contributed by atoms with Gasteiger partial charge in [0.25, 0.3) is 5.92 Å². The molecule has 1 aromatic rings. The lowest BCUT2D eigenvalue weighted by molar-refractivity contribution is -0.150. The van der Waals surface area contributed by atoms with Gasteiger partial charge in [-0.3, -0.25) is 19.3 Å². The van der Waals surface area contributed by atoms with Crippen LogP contribution in [0.4, 0.5) is 17.6 Å². The van der Waals surface area contributed by atoms with E-state index in [0.717, 1.165) is 5.56 Å². The van der Waals surface area contributed by atoms with Crippen LogP contribution in [0.15, 0.2) is 24.3 Å². The summed E-state index contributed by atoms with van der Waals surface area (Å²) in [5, 5.41) is 8.55. The molecule has 0 bridgehead atoms. The van der Waals surface area contributed by atoms with Crippen LogP contribution in [0.5, 0.6) is 5.75 Å². The highest BCUT2D eigenvalue weighted by molar-refractivity contribution is 5.93. The number of piperazine rings is 1. The number of amides is 3. The minimum Gasteiger partial charge on any atom is -0.493 e. The van der Waals surface area contributed by atoms with Crippen LogP contribution in [0.2, 0.25) is 0 Å². The number of hydrogen-bond acceptors (Lipinski definition) is 6. The molecule has 3 aliphatic heterocycles. The van der Waals surface area contributed by atoms with E-state index in [1.807, 2.05) is 18.2 Å². The fraction of sp³-hybridized carbons (Fsp3) is 0.690. The summed E-state index contributed by atoms with van der Waals surface area (Å²) in [5.74, 6) is -7.35. The van der Waals surface area contributed by atoms with Crippen LogP contribution in [0.25, 0.3) is 0 Å². The number of nitrogens with one attached hydrogen (secondary N) is 3. The molecule has 3 N–H and O–H groups in total. The van der Waals surface area contributed by atoms with Crippen LogP contribution in [0.3, 0.4) is 0 Å². The Morgan fingerprint density at radius 2 is 1.74 bits per heavy atom. The topological polar surface area (TPSA) is 103 Å². The number of para-hydroxylation sites is 1. The van der Waals surface area contributed by atoms with Gasteiger partial charge in [0.2, 0.25) is 23.6 Å². The number of alkyl halides is 4. The van der Waals surface area contributed by atoms with Crippen molar-refractivity contribution in [2.45, 2.75) is 87.5 Å². The standard InChI is InChI=1S/C29H39F4N5O4/c1-17(34-2)25(39)36-24(18-7-10-28(30,31)11-8-18)27(41)38-14-19-13-29(32,33)16-37(19)15-22(38)26(40)35-21-9-12-42-23-6-4-3-5-20(21)23/h3-6,17-19,21-22,24,34H,7-16H2,1-2H3,(H,35,40)(H,36,39)/t17-,19+,21+,22-,24-/m0/s1. The third-order valence-corrected chi connectivity index (χ3v) is 9.16. The first kappa shape index (κ1) is 30.5. The Hall–Kier alpha value is -2.93. The molecule has 1 saturated carbocycles. The number of likely N-dealkylation sites (N-methyl/N-ethyl adjacent to an activating group) is 1. The molecule has 3 fully saturated rings. The average molecular weight is 598 g/mol. The number of fused-ring (bicyclic) bond motifs is 2. The Bertz CT molecular complexity index is 1180. The fourth-order valence-electron chi connectivity index (χ4n) is 6.63. The molecule has 9 nitrogen and oxygen atoms in total. The van der Waals surface area contributed by atoms with Crippen LogP contribution in [0, 0.1) is 5.92 Å². The molecule has 0 aromatic heterocycles. The molecule has 232 valence electrons. The predicted molar refractivity (Wildman–Crippen MR) is 145 cm³/mol. The predicted octanol–water partition coefficient (Wildman–Crippen LogP) is 2.47. The molecular formula is C29H39F4N5O4. The molecule has 3 heterocycles. The maximum Gasteiger partial charge on any atom is 0.262 e. The first-order valence-electron chi connectivity index (χ1n) is 14.7. The van der Waals surface area contributed by atoms with Crippen LogP contribution in [-0.2, 0) is 14.4 Å². The molecule has 2 saturated heterocycles. The lowest BCUT2D eigenvalue weighted by Gasteiger charge is -2.45. The average Bonchev–Trinajstić information content (AvgIpc) is 3.27. The smallest absolute Gasteiger partial charge is 0.262 e. The molecule has 0 unspecified atom stereocenters. The van der Waals surface area contributed by atoms with Crippen molar-refractivity contribution in [3.05, 3.63) is 29.8 Å². The quantitative estimate of drug-likeness (QED) is 0.418. The minimum atomic E-state index is -2.96. The van der Waals surface area contributed by atoms with Crippen molar-refractivity contribution in [3.8, 4) is 5.75 Å². The summed E-state index contributed by atoms with van der Waals surface area (Å²) >= 11 is 0. The van der Waals surface area contributed by atoms with Crippen molar-refractivity contribution in [1.82, 2.24) is 25.8 Å². The summed E-state index contributed by atoms with van der Waals surface area (Å²) in [5.41, 5.74) is 0.783. The lowest BCUT2D eigenvalue weighted by atomic mass is 9.81. The highest BCUT2D eigenvalue weighted by atomic mass is 19.3. The second-order valence-corrected chi connectivity index (χ2v) is 12.1. The number of nitrogens with zero attached hydrogens (tertiary/aromatic N) is 2. The highest BCUT2D eigenvalue weighted by Crippen LogP contribution is 2.40. The molecule has 3 amide bonds. The molecule has 1 aliphatic carbocycles. The number of benzene rings is 1. The van der Waals surface area contributed by atoms with E-state index >= 15 is 0 Å². The van der Waals surface area contributed by atoms with Gasteiger partial charge in [0, 0.05) is 50.4 Å². The van der Waals surface area contributed by atoms with Gasteiger partial charge in [-0.2, -0.15) is 0 Å². The Balaban J connectivity index is 1.42. The summed E-state index contributed by atoms with van der Waals surface area (Å²) < 4.78 is 62.7. The van der Waals surface area contributed by atoms with Gasteiger partial charge in [0.15, 0.2) is 0 Å². The van der Waals surface area contributed by atoms with Gasteiger partial charge in [-0.05, 0) is 38.8 Å². The number of halogens is 4. The Kier molecular flexibility index (Phi) is 8.71. The largest absolute Gasteiger partial charge is 0.493 e.